The monoisotopic (exact) mass is 337 g/mol. The van der Waals surface area contributed by atoms with Crippen molar-refractivity contribution in [2.45, 2.75) is 44.9 Å². The summed E-state index contributed by atoms with van der Waals surface area (Å²) in [6.45, 7) is 0. The van der Waals surface area contributed by atoms with E-state index in [0.29, 0.717) is 22.2 Å². The summed E-state index contributed by atoms with van der Waals surface area (Å²) in [7, 11) is 0. The van der Waals surface area contributed by atoms with Gasteiger partial charge in [-0.05, 0) is 79.9 Å². The second-order valence-electron chi connectivity index (χ2n) is 7.77. The van der Waals surface area contributed by atoms with E-state index in [1.165, 1.54) is 38.5 Å². The average Bonchev–Trinajstić information content (AvgIpc) is 2.40. The number of hydrogen-bond acceptors (Lipinski definition) is 1. The second-order valence-corrected chi connectivity index (χ2v) is 8.61. The van der Waals surface area contributed by atoms with Crippen molar-refractivity contribution in [2.75, 3.05) is 5.32 Å². The Kier molecular flexibility index (Phi) is 3.65. The summed E-state index contributed by atoms with van der Waals surface area (Å²) in [5.41, 5.74) is 0.882. The highest BCUT2D eigenvalue weighted by molar-refractivity contribution is 6.35. The highest BCUT2D eigenvalue weighted by Gasteiger charge is 2.51. The molecule has 0 aromatic heterocycles. The number of amides is 1. The van der Waals surface area contributed by atoms with Crippen LogP contribution >= 0.6 is 23.2 Å². The van der Waals surface area contributed by atoms with Crippen molar-refractivity contribution in [3.63, 3.8) is 0 Å². The van der Waals surface area contributed by atoms with Gasteiger partial charge in [0.15, 0.2) is 0 Å². The zero-order valence-electron chi connectivity index (χ0n) is 12.6. The Bertz CT molecular complexity index is 578. The smallest absolute Gasteiger partial charge is 0.224 e. The number of hydrogen-bond donors (Lipinski definition) is 1. The van der Waals surface area contributed by atoms with Gasteiger partial charge in [0.05, 0.1) is 10.7 Å². The molecule has 0 spiro atoms. The minimum absolute atomic E-state index is 0.0890. The summed E-state index contributed by atoms with van der Waals surface area (Å²) in [5.74, 6) is 2.70. The van der Waals surface area contributed by atoms with Gasteiger partial charge in [0.1, 0.15) is 0 Å². The van der Waals surface area contributed by atoms with Crippen LogP contribution in [0.1, 0.15) is 44.9 Å². The van der Waals surface area contributed by atoms with Crippen molar-refractivity contribution in [1.82, 2.24) is 0 Å². The molecule has 1 aromatic rings. The highest BCUT2D eigenvalue weighted by atomic mass is 35.5. The lowest BCUT2D eigenvalue weighted by atomic mass is 9.49. The zero-order valence-corrected chi connectivity index (χ0v) is 14.1. The molecule has 118 valence electrons. The first kappa shape index (κ1) is 14.8. The van der Waals surface area contributed by atoms with Gasteiger partial charge in [-0.15, -0.1) is 0 Å². The van der Waals surface area contributed by atoms with Crippen LogP contribution in [0.25, 0.3) is 0 Å². The molecule has 0 aliphatic heterocycles. The summed E-state index contributed by atoms with van der Waals surface area (Å²) >= 11 is 12.1. The Labute approximate surface area is 141 Å². The Balaban J connectivity index is 1.47. The van der Waals surface area contributed by atoms with Crippen LogP contribution in [0.2, 0.25) is 10.0 Å². The average molecular weight is 338 g/mol. The third kappa shape index (κ3) is 2.76. The number of anilines is 1. The van der Waals surface area contributed by atoms with Gasteiger partial charge < -0.3 is 5.32 Å². The van der Waals surface area contributed by atoms with E-state index >= 15 is 0 Å². The Hall–Kier alpha value is -0.730. The number of nitrogens with one attached hydrogen (secondary N) is 1. The SMILES string of the molecule is O=C(CC12CC3CC(CC(C3)C1)C2)Nc1cc(Cl)ccc1Cl. The molecule has 0 atom stereocenters. The van der Waals surface area contributed by atoms with E-state index in [4.69, 9.17) is 23.2 Å². The predicted octanol–water partition coefficient (Wildman–Crippen LogP) is 5.54. The molecule has 5 rings (SSSR count). The van der Waals surface area contributed by atoms with E-state index in [1.807, 2.05) is 0 Å². The lowest BCUT2D eigenvalue weighted by molar-refractivity contribution is -0.124. The molecule has 4 aliphatic rings. The molecule has 4 aliphatic carbocycles. The van der Waals surface area contributed by atoms with Gasteiger partial charge in [-0.3, -0.25) is 4.79 Å². The number of rotatable bonds is 3. The van der Waals surface area contributed by atoms with Crippen molar-refractivity contribution in [3.05, 3.63) is 28.2 Å². The summed E-state index contributed by atoms with van der Waals surface area (Å²) in [4.78, 5) is 12.5. The van der Waals surface area contributed by atoms with Crippen LogP contribution < -0.4 is 5.32 Å². The molecule has 22 heavy (non-hydrogen) atoms. The van der Waals surface area contributed by atoms with Crippen molar-refractivity contribution < 1.29 is 4.79 Å². The standard InChI is InChI=1S/C18H21Cl2NO/c19-14-1-2-15(20)16(6-14)21-17(22)10-18-7-11-3-12(8-18)5-13(4-11)9-18/h1-2,6,11-13H,3-5,7-10H2,(H,21,22). The summed E-state index contributed by atoms with van der Waals surface area (Å²) in [6.07, 6.45) is 8.59. The molecule has 1 N–H and O–H groups in total. The van der Waals surface area contributed by atoms with Gasteiger partial charge >= 0.3 is 0 Å². The van der Waals surface area contributed by atoms with Crippen LogP contribution in [0.15, 0.2) is 18.2 Å². The maximum Gasteiger partial charge on any atom is 0.224 e. The van der Waals surface area contributed by atoms with Crippen molar-refractivity contribution in [3.8, 4) is 0 Å². The van der Waals surface area contributed by atoms with Gasteiger partial charge in [-0.25, -0.2) is 0 Å². The zero-order chi connectivity index (χ0) is 15.3. The number of halogens is 2. The Morgan fingerprint density at radius 3 is 2.27 bits per heavy atom. The second kappa shape index (κ2) is 5.42. The molecule has 4 heteroatoms. The third-order valence-corrected chi connectivity index (χ3v) is 6.47. The van der Waals surface area contributed by atoms with Gasteiger partial charge in [0.2, 0.25) is 5.91 Å². The van der Waals surface area contributed by atoms with E-state index < -0.39 is 0 Å². The molecule has 4 fully saturated rings. The van der Waals surface area contributed by atoms with Crippen LogP contribution in [-0.4, -0.2) is 5.91 Å². The van der Waals surface area contributed by atoms with Crippen LogP contribution in [-0.2, 0) is 4.79 Å². The van der Waals surface area contributed by atoms with Crippen LogP contribution in [0.3, 0.4) is 0 Å². The predicted molar refractivity (Wildman–Crippen MR) is 90.3 cm³/mol. The topological polar surface area (TPSA) is 29.1 Å². The summed E-state index contributed by atoms with van der Waals surface area (Å²) in [6, 6.07) is 5.18. The van der Waals surface area contributed by atoms with Crippen molar-refractivity contribution >= 4 is 34.8 Å². The van der Waals surface area contributed by atoms with Gasteiger partial charge in [-0.2, -0.15) is 0 Å². The molecule has 4 saturated carbocycles. The van der Waals surface area contributed by atoms with Crippen LogP contribution in [0.4, 0.5) is 5.69 Å². The highest BCUT2D eigenvalue weighted by Crippen LogP contribution is 2.61. The molecule has 1 aromatic carbocycles. The quantitative estimate of drug-likeness (QED) is 0.770. The molecule has 2 nitrogen and oxygen atoms in total. The first-order valence-electron chi connectivity index (χ1n) is 8.26. The fourth-order valence-electron chi connectivity index (χ4n) is 5.63. The Morgan fingerprint density at radius 1 is 1.09 bits per heavy atom. The van der Waals surface area contributed by atoms with Crippen molar-refractivity contribution in [2.24, 2.45) is 23.2 Å². The van der Waals surface area contributed by atoms with E-state index in [2.05, 4.69) is 5.32 Å². The van der Waals surface area contributed by atoms with E-state index in [-0.39, 0.29) is 11.3 Å². The van der Waals surface area contributed by atoms with Crippen LogP contribution in [0, 0.1) is 23.2 Å². The largest absolute Gasteiger partial charge is 0.325 e. The molecule has 0 radical (unpaired) electrons. The normalized spacial score (nSPS) is 35.6. The van der Waals surface area contributed by atoms with Crippen LogP contribution in [0.5, 0.6) is 0 Å². The molecule has 4 bridgehead atoms. The minimum Gasteiger partial charge on any atom is -0.325 e. The molecule has 0 unspecified atom stereocenters. The fourth-order valence-corrected chi connectivity index (χ4v) is 5.97. The summed E-state index contributed by atoms with van der Waals surface area (Å²) in [5, 5.41) is 4.11. The van der Waals surface area contributed by atoms with E-state index in [9.17, 15) is 4.79 Å². The first-order valence-corrected chi connectivity index (χ1v) is 9.02. The third-order valence-electron chi connectivity index (χ3n) is 5.90. The van der Waals surface area contributed by atoms with E-state index in [1.54, 1.807) is 18.2 Å². The number of carbonyl (C=O) groups excluding carboxylic acids is 1. The first-order chi connectivity index (χ1) is 10.5. The summed E-state index contributed by atoms with van der Waals surface area (Å²) < 4.78 is 0. The van der Waals surface area contributed by atoms with Gasteiger partial charge in [-0.1, -0.05) is 23.2 Å². The molecule has 0 heterocycles. The number of carbonyl (C=O) groups is 1. The molecular formula is C18H21Cl2NO. The fraction of sp³-hybridized carbons (Fsp3) is 0.611. The maximum absolute atomic E-state index is 12.5. The molecular weight excluding hydrogens is 317 g/mol. The lowest BCUT2D eigenvalue weighted by Crippen LogP contribution is -2.47. The van der Waals surface area contributed by atoms with Gasteiger partial charge in [0.25, 0.3) is 0 Å². The molecule has 1 amide bonds. The van der Waals surface area contributed by atoms with E-state index in [0.717, 1.165) is 17.8 Å². The molecule has 0 saturated heterocycles. The van der Waals surface area contributed by atoms with Gasteiger partial charge in [0, 0.05) is 11.4 Å². The maximum atomic E-state index is 12.5. The minimum atomic E-state index is 0.0890. The lowest BCUT2D eigenvalue weighted by Gasteiger charge is -2.56. The number of benzene rings is 1. The Morgan fingerprint density at radius 2 is 1.68 bits per heavy atom. The van der Waals surface area contributed by atoms with Crippen molar-refractivity contribution in [1.29, 1.82) is 0 Å².